The van der Waals surface area contributed by atoms with E-state index < -0.39 is 10.8 Å². The normalized spacial score (nSPS) is 22.8. The Morgan fingerprint density at radius 1 is 1.43 bits per heavy atom. The van der Waals surface area contributed by atoms with Crippen LogP contribution in [-0.2, 0) is 17.3 Å². The average molecular weight is 341 g/mol. The van der Waals surface area contributed by atoms with Crippen LogP contribution in [0.3, 0.4) is 0 Å². The number of urea groups is 1. The molecule has 6 nitrogen and oxygen atoms in total. The molecule has 0 spiro atoms. The SMILES string of the molecule is CC[S@](=O)[C@H]1CCCC[C@H]1NC(=O)NCc1cc(C(C)C)no1. The van der Waals surface area contributed by atoms with E-state index in [-0.39, 0.29) is 17.3 Å². The van der Waals surface area contributed by atoms with Gasteiger partial charge in [-0.1, -0.05) is 38.8 Å². The molecule has 1 fully saturated rings. The number of aromatic nitrogens is 1. The van der Waals surface area contributed by atoms with Crippen LogP contribution in [0.2, 0.25) is 0 Å². The van der Waals surface area contributed by atoms with Gasteiger partial charge in [-0.15, -0.1) is 0 Å². The second-order valence-corrected chi connectivity index (χ2v) is 8.24. The summed E-state index contributed by atoms with van der Waals surface area (Å²) in [6, 6.07) is 1.61. The van der Waals surface area contributed by atoms with Crippen LogP contribution in [0.1, 0.15) is 63.8 Å². The maximum absolute atomic E-state index is 12.1. The van der Waals surface area contributed by atoms with Crippen LogP contribution in [0.25, 0.3) is 0 Å². The van der Waals surface area contributed by atoms with E-state index in [1.165, 1.54) is 0 Å². The van der Waals surface area contributed by atoms with Crippen molar-refractivity contribution >= 4 is 16.8 Å². The molecule has 3 atom stereocenters. The Morgan fingerprint density at radius 2 is 2.17 bits per heavy atom. The minimum atomic E-state index is -0.873. The molecule has 0 saturated heterocycles. The van der Waals surface area contributed by atoms with Crippen molar-refractivity contribution in [2.24, 2.45) is 0 Å². The molecule has 0 unspecified atom stereocenters. The fourth-order valence-corrected chi connectivity index (χ4v) is 4.29. The van der Waals surface area contributed by atoms with Gasteiger partial charge in [0.2, 0.25) is 0 Å². The van der Waals surface area contributed by atoms with Crippen LogP contribution in [0.4, 0.5) is 4.79 Å². The lowest BCUT2D eigenvalue weighted by atomic mass is 9.95. The Bertz CT molecular complexity index is 544. The van der Waals surface area contributed by atoms with Gasteiger partial charge in [0, 0.05) is 28.7 Å². The van der Waals surface area contributed by atoms with Gasteiger partial charge in [-0.25, -0.2) is 4.79 Å². The zero-order chi connectivity index (χ0) is 16.8. The van der Waals surface area contributed by atoms with Crippen molar-refractivity contribution in [3.8, 4) is 0 Å². The second-order valence-electron chi connectivity index (χ2n) is 6.30. The standard InChI is InChI=1S/C16H27N3O3S/c1-4-23(21)15-8-6-5-7-13(15)18-16(20)17-10-12-9-14(11(2)3)19-22-12/h9,11,13,15H,4-8,10H2,1-3H3,(H2,17,18,20)/t13-,15+,23+/m1/s1. The number of carbonyl (C=O) groups excluding carboxylic acids is 1. The Labute approximate surface area is 140 Å². The molecule has 1 heterocycles. The lowest BCUT2D eigenvalue weighted by molar-refractivity contribution is 0.231. The summed E-state index contributed by atoms with van der Waals surface area (Å²) in [6.45, 7) is 6.32. The summed E-state index contributed by atoms with van der Waals surface area (Å²) >= 11 is 0. The molecule has 1 aliphatic carbocycles. The van der Waals surface area contributed by atoms with E-state index in [1.54, 1.807) is 0 Å². The Balaban J connectivity index is 1.84. The molecular weight excluding hydrogens is 314 g/mol. The molecule has 0 radical (unpaired) electrons. The molecule has 1 aliphatic rings. The first kappa shape index (κ1) is 18.0. The van der Waals surface area contributed by atoms with E-state index in [0.717, 1.165) is 31.4 Å². The summed E-state index contributed by atoms with van der Waals surface area (Å²) in [7, 11) is -0.873. The molecule has 2 rings (SSSR count). The molecule has 1 aromatic heterocycles. The molecular formula is C16H27N3O3S. The van der Waals surface area contributed by atoms with Crippen molar-refractivity contribution in [1.29, 1.82) is 0 Å². The van der Waals surface area contributed by atoms with E-state index in [0.29, 0.717) is 24.0 Å². The average Bonchev–Trinajstić information content (AvgIpc) is 3.02. The predicted molar refractivity (Wildman–Crippen MR) is 90.7 cm³/mol. The Morgan fingerprint density at radius 3 is 2.83 bits per heavy atom. The molecule has 0 bridgehead atoms. The lowest BCUT2D eigenvalue weighted by Crippen LogP contribution is -2.50. The number of hydrogen-bond donors (Lipinski definition) is 2. The largest absolute Gasteiger partial charge is 0.359 e. The highest BCUT2D eigenvalue weighted by Gasteiger charge is 2.30. The Kier molecular flexibility index (Phi) is 6.62. The molecule has 2 amide bonds. The highest BCUT2D eigenvalue weighted by atomic mass is 32.2. The zero-order valence-electron chi connectivity index (χ0n) is 14.1. The number of nitrogens with one attached hydrogen (secondary N) is 2. The van der Waals surface area contributed by atoms with Gasteiger partial charge in [-0.05, 0) is 18.8 Å². The van der Waals surface area contributed by atoms with E-state index in [2.05, 4.69) is 15.8 Å². The van der Waals surface area contributed by atoms with E-state index in [9.17, 15) is 9.00 Å². The van der Waals surface area contributed by atoms with Crippen LogP contribution in [0.15, 0.2) is 10.6 Å². The van der Waals surface area contributed by atoms with Crippen LogP contribution >= 0.6 is 0 Å². The summed E-state index contributed by atoms with van der Waals surface area (Å²) < 4.78 is 17.3. The van der Waals surface area contributed by atoms with E-state index >= 15 is 0 Å². The van der Waals surface area contributed by atoms with Gasteiger partial charge in [-0.3, -0.25) is 4.21 Å². The van der Waals surface area contributed by atoms with Gasteiger partial charge in [0.05, 0.1) is 17.5 Å². The maximum atomic E-state index is 12.1. The van der Waals surface area contributed by atoms with Gasteiger partial charge >= 0.3 is 6.03 Å². The molecule has 0 aliphatic heterocycles. The number of rotatable bonds is 6. The molecule has 23 heavy (non-hydrogen) atoms. The molecule has 130 valence electrons. The van der Waals surface area contributed by atoms with Crippen molar-refractivity contribution in [1.82, 2.24) is 15.8 Å². The highest BCUT2D eigenvalue weighted by Crippen LogP contribution is 2.23. The van der Waals surface area contributed by atoms with Gasteiger partial charge in [0.25, 0.3) is 0 Å². The summed E-state index contributed by atoms with van der Waals surface area (Å²) in [6.07, 6.45) is 3.98. The van der Waals surface area contributed by atoms with Crippen molar-refractivity contribution in [3.05, 3.63) is 17.5 Å². The maximum Gasteiger partial charge on any atom is 0.315 e. The number of hydrogen-bond acceptors (Lipinski definition) is 4. The molecule has 1 saturated carbocycles. The van der Waals surface area contributed by atoms with Crippen LogP contribution < -0.4 is 10.6 Å². The van der Waals surface area contributed by atoms with E-state index in [4.69, 9.17) is 4.52 Å². The van der Waals surface area contributed by atoms with Crippen molar-refractivity contribution in [3.63, 3.8) is 0 Å². The predicted octanol–water partition coefficient (Wildman–Crippen LogP) is 2.68. The van der Waals surface area contributed by atoms with Gasteiger partial charge < -0.3 is 15.2 Å². The fourth-order valence-electron chi connectivity index (χ4n) is 2.86. The van der Waals surface area contributed by atoms with Crippen LogP contribution in [0, 0.1) is 0 Å². The quantitative estimate of drug-likeness (QED) is 0.833. The van der Waals surface area contributed by atoms with Gasteiger partial charge in [0.1, 0.15) is 0 Å². The third-order valence-corrected chi connectivity index (χ3v) is 6.04. The summed E-state index contributed by atoms with van der Waals surface area (Å²) in [5.74, 6) is 1.58. The molecule has 7 heteroatoms. The zero-order valence-corrected chi connectivity index (χ0v) is 14.9. The first-order valence-electron chi connectivity index (χ1n) is 8.38. The summed E-state index contributed by atoms with van der Waals surface area (Å²) in [5.41, 5.74) is 0.882. The smallest absolute Gasteiger partial charge is 0.315 e. The van der Waals surface area contributed by atoms with Crippen molar-refractivity contribution < 1.29 is 13.5 Å². The number of nitrogens with zero attached hydrogens (tertiary/aromatic N) is 1. The third kappa shape index (κ3) is 5.06. The highest BCUT2D eigenvalue weighted by molar-refractivity contribution is 7.85. The van der Waals surface area contributed by atoms with Gasteiger partial charge in [0.15, 0.2) is 5.76 Å². The Hall–Kier alpha value is -1.37. The minimum Gasteiger partial charge on any atom is -0.359 e. The topological polar surface area (TPSA) is 84.2 Å². The van der Waals surface area contributed by atoms with Crippen molar-refractivity contribution in [2.75, 3.05) is 5.75 Å². The monoisotopic (exact) mass is 341 g/mol. The first-order valence-corrected chi connectivity index (χ1v) is 9.76. The summed E-state index contributed by atoms with van der Waals surface area (Å²) in [4.78, 5) is 12.1. The number of carbonyl (C=O) groups is 1. The first-order chi connectivity index (χ1) is 11.0. The third-order valence-electron chi connectivity index (χ3n) is 4.23. The molecule has 2 N–H and O–H groups in total. The summed E-state index contributed by atoms with van der Waals surface area (Å²) in [5, 5.41) is 9.81. The number of amides is 2. The molecule has 1 aromatic rings. The minimum absolute atomic E-state index is 0.00881. The molecule has 0 aromatic carbocycles. The van der Waals surface area contributed by atoms with E-state index in [1.807, 2.05) is 26.8 Å². The lowest BCUT2D eigenvalue weighted by Gasteiger charge is -2.31. The van der Waals surface area contributed by atoms with Crippen LogP contribution in [-0.4, -0.2) is 32.4 Å². The van der Waals surface area contributed by atoms with Crippen molar-refractivity contribution in [2.45, 2.75) is 70.2 Å². The second kappa shape index (κ2) is 8.47. The fraction of sp³-hybridized carbons (Fsp3) is 0.750. The van der Waals surface area contributed by atoms with Gasteiger partial charge in [-0.2, -0.15) is 0 Å². The van der Waals surface area contributed by atoms with Crippen LogP contribution in [0.5, 0.6) is 0 Å².